The third-order valence-corrected chi connectivity index (χ3v) is 9.31. The molecule has 1 aliphatic rings. The van der Waals surface area contributed by atoms with Gasteiger partial charge in [0.25, 0.3) is 0 Å². The molecule has 0 saturated carbocycles. The number of para-hydroxylation sites is 3. The maximum Gasteiger partial charge on any atom is 0.135 e. The van der Waals surface area contributed by atoms with Gasteiger partial charge in [0.2, 0.25) is 0 Å². The first-order chi connectivity index (χ1) is 22.3. The Hall–Kier alpha value is -5.38. The average Bonchev–Trinajstić information content (AvgIpc) is 3.85. The molecule has 2 atom stereocenters. The van der Waals surface area contributed by atoms with Crippen LogP contribution in [0, 0.1) is 0 Å². The largest absolute Gasteiger partial charge is 0.456 e. The van der Waals surface area contributed by atoms with Crippen LogP contribution in [0.15, 0.2) is 156 Å². The Balaban J connectivity index is 0.947. The van der Waals surface area contributed by atoms with Crippen LogP contribution in [0.4, 0.5) is 0 Å². The van der Waals surface area contributed by atoms with Crippen LogP contribution in [-0.4, -0.2) is 4.57 Å². The van der Waals surface area contributed by atoms with Crippen LogP contribution in [-0.2, 0) is 4.74 Å². The molecule has 0 spiro atoms. The fraction of sp³-hybridized carbons (Fsp3) is 0.0952. The van der Waals surface area contributed by atoms with Gasteiger partial charge in [0.1, 0.15) is 11.3 Å². The number of rotatable bonds is 5. The van der Waals surface area contributed by atoms with E-state index in [9.17, 15) is 0 Å². The fourth-order valence-electron chi connectivity index (χ4n) is 7.01. The highest BCUT2D eigenvalue weighted by Crippen LogP contribution is 2.42. The van der Waals surface area contributed by atoms with Crippen molar-refractivity contribution in [1.29, 1.82) is 0 Å². The van der Waals surface area contributed by atoms with E-state index in [4.69, 9.17) is 9.15 Å². The molecule has 0 N–H and O–H groups in total. The van der Waals surface area contributed by atoms with Crippen LogP contribution in [0.1, 0.15) is 36.2 Å². The molecule has 2 unspecified atom stereocenters. The molecule has 1 fully saturated rings. The summed E-state index contributed by atoms with van der Waals surface area (Å²) in [7, 11) is 0. The molecule has 45 heavy (non-hydrogen) atoms. The van der Waals surface area contributed by atoms with Gasteiger partial charge in [0, 0.05) is 27.4 Å². The van der Waals surface area contributed by atoms with Gasteiger partial charge in [0.05, 0.1) is 23.2 Å². The smallest absolute Gasteiger partial charge is 0.135 e. The van der Waals surface area contributed by atoms with Gasteiger partial charge >= 0.3 is 0 Å². The standard InChI is InChI=1S/C42H31NO2/c1-2-9-34(10-3-1)43-37-12-6-5-11-35(37)36-26-32(22-23-38(36)43)28-14-16-29(17-15-28)40-24-25-41(44-40)30-18-20-31(21-19-30)42-27-33-8-4-7-13-39(33)45-42/h1-23,26-27,40-41H,24-25H2. The lowest BCUT2D eigenvalue weighted by atomic mass is 9.99. The molecule has 0 amide bonds. The second-order valence-electron chi connectivity index (χ2n) is 12.0. The third-order valence-electron chi connectivity index (χ3n) is 9.31. The highest BCUT2D eigenvalue weighted by molar-refractivity contribution is 6.10. The van der Waals surface area contributed by atoms with Gasteiger partial charge in [-0.3, -0.25) is 0 Å². The second kappa shape index (κ2) is 10.7. The quantitative estimate of drug-likeness (QED) is 0.202. The van der Waals surface area contributed by atoms with E-state index in [0.29, 0.717) is 0 Å². The van der Waals surface area contributed by atoms with E-state index in [2.05, 4.69) is 138 Å². The Morgan fingerprint density at radius 1 is 0.489 bits per heavy atom. The Labute approximate surface area is 261 Å². The maximum atomic E-state index is 6.60. The van der Waals surface area contributed by atoms with Crippen molar-refractivity contribution in [2.24, 2.45) is 0 Å². The van der Waals surface area contributed by atoms with Crippen LogP contribution in [0.3, 0.4) is 0 Å². The molecule has 9 rings (SSSR count). The summed E-state index contributed by atoms with van der Waals surface area (Å²) in [5.41, 5.74) is 10.5. The molecule has 8 aromatic rings. The molecule has 0 radical (unpaired) electrons. The van der Waals surface area contributed by atoms with Gasteiger partial charge in [-0.25, -0.2) is 0 Å². The van der Waals surface area contributed by atoms with Crippen molar-refractivity contribution in [3.05, 3.63) is 163 Å². The second-order valence-corrected chi connectivity index (χ2v) is 12.0. The lowest BCUT2D eigenvalue weighted by Gasteiger charge is -2.15. The summed E-state index contributed by atoms with van der Waals surface area (Å²) in [4.78, 5) is 0. The number of fused-ring (bicyclic) bond motifs is 4. The predicted molar refractivity (Wildman–Crippen MR) is 184 cm³/mol. The number of hydrogen-bond donors (Lipinski definition) is 0. The number of aromatic nitrogens is 1. The molecular formula is C42H31NO2. The number of nitrogens with zero attached hydrogens (tertiary/aromatic N) is 1. The molecule has 216 valence electrons. The lowest BCUT2D eigenvalue weighted by molar-refractivity contribution is 0.0441. The van der Waals surface area contributed by atoms with Crippen molar-refractivity contribution in [3.8, 4) is 28.1 Å². The van der Waals surface area contributed by atoms with Crippen LogP contribution in [0.25, 0.3) is 60.9 Å². The number of benzene rings is 6. The molecule has 3 heterocycles. The third kappa shape index (κ3) is 4.56. The molecule has 2 aromatic heterocycles. The number of hydrogen-bond acceptors (Lipinski definition) is 2. The van der Waals surface area contributed by atoms with Crippen molar-refractivity contribution in [1.82, 2.24) is 4.57 Å². The van der Waals surface area contributed by atoms with Gasteiger partial charge in [-0.15, -0.1) is 0 Å². The predicted octanol–water partition coefficient (Wildman–Crippen LogP) is 11.5. The van der Waals surface area contributed by atoms with E-state index in [1.54, 1.807) is 0 Å². The minimum absolute atomic E-state index is 0.101. The van der Waals surface area contributed by atoms with E-state index in [-0.39, 0.29) is 12.2 Å². The summed E-state index contributed by atoms with van der Waals surface area (Å²) in [6.07, 6.45) is 2.23. The minimum atomic E-state index is 0.101. The fourth-order valence-corrected chi connectivity index (χ4v) is 7.01. The van der Waals surface area contributed by atoms with Crippen LogP contribution in [0.5, 0.6) is 0 Å². The Morgan fingerprint density at radius 2 is 1.11 bits per heavy atom. The van der Waals surface area contributed by atoms with Crippen LogP contribution >= 0.6 is 0 Å². The summed E-state index contributed by atoms with van der Waals surface area (Å²) < 4.78 is 15.0. The van der Waals surface area contributed by atoms with E-state index in [1.165, 1.54) is 49.7 Å². The average molecular weight is 582 g/mol. The van der Waals surface area contributed by atoms with Crippen molar-refractivity contribution >= 4 is 32.8 Å². The zero-order chi connectivity index (χ0) is 29.7. The SMILES string of the molecule is c1ccc(-n2c3ccccc3c3cc(-c4ccc(C5CCC(c6ccc(-c7cc8ccccc8o7)cc6)O5)cc4)ccc32)cc1. The first kappa shape index (κ1) is 26.1. The Bertz CT molecular complexity index is 2260. The highest BCUT2D eigenvalue weighted by atomic mass is 16.5. The van der Waals surface area contributed by atoms with Crippen molar-refractivity contribution in [3.63, 3.8) is 0 Å². The molecule has 1 saturated heterocycles. The summed E-state index contributed by atoms with van der Waals surface area (Å²) in [6.45, 7) is 0. The summed E-state index contributed by atoms with van der Waals surface area (Å²) in [5.74, 6) is 0.897. The molecule has 0 aliphatic carbocycles. The van der Waals surface area contributed by atoms with E-state index >= 15 is 0 Å². The summed E-state index contributed by atoms with van der Waals surface area (Å²) in [6, 6.07) is 54.0. The summed E-state index contributed by atoms with van der Waals surface area (Å²) >= 11 is 0. The monoisotopic (exact) mass is 581 g/mol. The van der Waals surface area contributed by atoms with Gasteiger partial charge < -0.3 is 13.7 Å². The normalized spacial score (nSPS) is 16.6. The van der Waals surface area contributed by atoms with E-state index < -0.39 is 0 Å². The van der Waals surface area contributed by atoms with Crippen LogP contribution < -0.4 is 0 Å². The molecular weight excluding hydrogens is 550 g/mol. The van der Waals surface area contributed by atoms with Gasteiger partial charge in [-0.2, -0.15) is 0 Å². The molecule has 3 nitrogen and oxygen atoms in total. The molecule has 3 heteroatoms. The Kier molecular flexibility index (Phi) is 6.17. The minimum Gasteiger partial charge on any atom is -0.456 e. The van der Waals surface area contributed by atoms with Gasteiger partial charge in [-0.05, 0) is 77.6 Å². The highest BCUT2D eigenvalue weighted by Gasteiger charge is 2.28. The zero-order valence-corrected chi connectivity index (χ0v) is 24.8. The topological polar surface area (TPSA) is 27.3 Å². The summed E-state index contributed by atoms with van der Waals surface area (Å²) in [5, 5.41) is 3.66. The maximum absolute atomic E-state index is 6.60. The first-order valence-corrected chi connectivity index (χ1v) is 15.7. The lowest BCUT2D eigenvalue weighted by Crippen LogP contribution is -1.99. The van der Waals surface area contributed by atoms with E-state index in [0.717, 1.165) is 35.1 Å². The number of furan rings is 1. The Morgan fingerprint density at radius 3 is 1.87 bits per heavy atom. The first-order valence-electron chi connectivity index (χ1n) is 15.7. The van der Waals surface area contributed by atoms with Gasteiger partial charge in [-0.1, -0.05) is 109 Å². The van der Waals surface area contributed by atoms with Crippen molar-refractivity contribution in [2.75, 3.05) is 0 Å². The molecule has 0 bridgehead atoms. The van der Waals surface area contributed by atoms with Crippen molar-refractivity contribution in [2.45, 2.75) is 25.0 Å². The van der Waals surface area contributed by atoms with E-state index in [1.807, 2.05) is 18.2 Å². The van der Waals surface area contributed by atoms with Gasteiger partial charge in [0.15, 0.2) is 0 Å². The molecule has 1 aliphatic heterocycles. The van der Waals surface area contributed by atoms with Crippen molar-refractivity contribution < 1.29 is 9.15 Å². The zero-order valence-electron chi connectivity index (χ0n) is 24.8. The van der Waals surface area contributed by atoms with Crippen LogP contribution in [0.2, 0.25) is 0 Å². The molecule has 6 aromatic carbocycles. The number of ether oxygens (including phenoxy) is 1.